The highest BCUT2D eigenvalue weighted by Gasteiger charge is 2.24. The lowest BCUT2D eigenvalue weighted by Crippen LogP contribution is -2.47. The Morgan fingerprint density at radius 1 is 1.41 bits per heavy atom. The first-order valence-electron chi connectivity index (χ1n) is 6.61. The van der Waals surface area contributed by atoms with E-state index in [4.69, 9.17) is 5.73 Å². The molecule has 1 aliphatic rings. The summed E-state index contributed by atoms with van der Waals surface area (Å²) in [7, 11) is 4.03. The monoisotopic (exact) mass is 241 g/mol. The zero-order valence-corrected chi connectivity index (χ0v) is 11.6. The Hall–Kier alpha value is -0.610. The fourth-order valence-corrected chi connectivity index (χ4v) is 2.26. The van der Waals surface area contributed by atoms with Crippen molar-refractivity contribution in [1.82, 2.24) is 9.80 Å². The number of rotatable bonds is 4. The molecule has 0 aromatic heterocycles. The Bertz CT molecular complexity index is 247. The Balaban J connectivity index is 2.38. The van der Waals surface area contributed by atoms with E-state index in [-0.39, 0.29) is 17.9 Å². The molecule has 100 valence electrons. The number of likely N-dealkylation sites (N-methyl/N-ethyl adjacent to an activating group) is 1. The van der Waals surface area contributed by atoms with E-state index in [1.165, 1.54) is 12.8 Å². The lowest BCUT2D eigenvalue weighted by atomic mass is 9.96. The van der Waals surface area contributed by atoms with Gasteiger partial charge in [0.15, 0.2) is 0 Å². The summed E-state index contributed by atoms with van der Waals surface area (Å²) in [5, 5.41) is 0. The first-order chi connectivity index (χ1) is 7.91. The third-order valence-corrected chi connectivity index (χ3v) is 3.75. The van der Waals surface area contributed by atoms with Crippen LogP contribution in [0.4, 0.5) is 0 Å². The Morgan fingerprint density at radius 3 is 2.41 bits per heavy atom. The van der Waals surface area contributed by atoms with Crippen LogP contribution in [0.25, 0.3) is 0 Å². The molecule has 1 saturated heterocycles. The first kappa shape index (κ1) is 14.5. The van der Waals surface area contributed by atoms with Crippen LogP contribution in [0, 0.1) is 11.8 Å². The lowest BCUT2D eigenvalue weighted by Gasteiger charge is -2.32. The summed E-state index contributed by atoms with van der Waals surface area (Å²) < 4.78 is 0. The van der Waals surface area contributed by atoms with Crippen molar-refractivity contribution in [3.8, 4) is 0 Å². The Kier molecular flexibility index (Phi) is 5.40. The molecular formula is C13H27N3O. The topological polar surface area (TPSA) is 49.6 Å². The van der Waals surface area contributed by atoms with Crippen LogP contribution in [0.5, 0.6) is 0 Å². The van der Waals surface area contributed by atoms with Gasteiger partial charge in [0.2, 0.25) is 5.91 Å². The SMILES string of the molecule is CC(C)C(N)C(=O)N(C)CC1CCN(C)CC1. The van der Waals surface area contributed by atoms with Crippen molar-refractivity contribution >= 4 is 5.91 Å². The minimum absolute atomic E-state index is 0.0823. The second-order valence-corrected chi connectivity index (χ2v) is 5.74. The van der Waals surface area contributed by atoms with Crippen LogP contribution in [0.3, 0.4) is 0 Å². The van der Waals surface area contributed by atoms with E-state index in [2.05, 4.69) is 11.9 Å². The van der Waals surface area contributed by atoms with Crippen LogP contribution in [0.2, 0.25) is 0 Å². The van der Waals surface area contributed by atoms with E-state index in [0.29, 0.717) is 5.92 Å². The predicted molar refractivity (Wildman–Crippen MR) is 70.7 cm³/mol. The maximum Gasteiger partial charge on any atom is 0.239 e. The van der Waals surface area contributed by atoms with Crippen LogP contribution in [-0.4, -0.2) is 55.5 Å². The van der Waals surface area contributed by atoms with Gasteiger partial charge in [-0.25, -0.2) is 0 Å². The van der Waals surface area contributed by atoms with Crippen LogP contribution >= 0.6 is 0 Å². The van der Waals surface area contributed by atoms with Gasteiger partial charge in [0.25, 0.3) is 0 Å². The molecule has 17 heavy (non-hydrogen) atoms. The van der Waals surface area contributed by atoms with Gasteiger partial charge in [0.1, 0.15) is 0 Å². The number of nitrogens with two attached hydrogens (primary N) is 1. The van der Waals surface area contributed by atoms with E-state index in [0.717, 1.165) is 19.6 Å². The lowest BCUT2D eigenvalue weighted by molar-refractivity contribution is -0.133. The number of hydrogen-bond acceptors (Lipinski definition) is 3. The molecule has 1 rings (SSSR count). The number of nitrogens with zero attached hydrogens (tertiary/aromatic N) is 2. The predicted octanol–water partition coefficient (Wildman–Crippen LogP) is 0.770. The Morgan fingerprint density at radius 2 is 1.94 bits per heavy atom. The molecule has 1 amide bonds. The summed E-state index contributed by atoms with van der Waals surface area (Å²) in [4.78, 5) is 16.2. The van der Waals surface area contributed by atoms with Gasteiger partial charge >= 0.3 is 0 Å². The third-order valence-electron chi connectivity index (χ3n) is 3.75. The molecular weight excluding hydrogens is 214 g/mol. The minimum Gasteiger partial charge on any atom is -0.344 e. The number of carbonyl (C=O) groups is 1. The van der Waals surface area contributed by atoms with Gasteiger partial charge in [-0.05, 0) is 44.8 Å². The second kappa shape index (κ2) is 6.36. The smallest absolute Gasteiger partial charge is 0.239 e. The van der Waals surface area contributed by atoms with Crippen molar-refractivity contribution < 1.29 is 4.79 Å². The largest absolute Gasteiger partial charge is 0.344 e. The maximum absolute atomic E-state index is 12.0. The summed E-state index contributed by atoms with van der Waals surface area (Å²) in [6, 6.07) is -0.355. The zero-order valence-electron chi connectivity index (χ0n) is 11.6. The molecule has 0 aromatic rings. The fourth-order valence-electron chi connectivity index (χ4n) is 2.26. The summed E-state index contributed by atoms with van der Waals surface area (Å²) in [5.41, 5.74) is 5.89. The van der Waals surface area contributed by atoms with Gasteiger partial charge in [-0.1, -0.05) is 13.8 Å². The molecule has 1 heterocycles. The van der Waals surface area contributed by atoms with Gasteiger partial charge in [-0.2, -0.15) is 0 Å². The number of hydrogen-bond donors (Lipinski definition) is 1. The number of amides is 1. The molecule has 0 aliphatic carbocycles. The maximum atomic E-state index is 12.0. The van der Waals surface area contributed by atoms with Gasteiger partial charge in [0, 0.05) is 13.6 Å². The molecule has 0 saturated carbocycles. The molecule has 0 spiro atoms. The minimum atomic E-state index is -0.355. The molecule has 0 aromatic carbocycles. The van der Waals surface area contributed by atoms with E-state index >= 15 is 0 Å². The van der Waals surface area contributed by atoms with Gasteiger partial charge in [-0.3, -0.25) is 4.79 Å². The number of piperidine rings is 1. The first-order valence-corrected chi connectivity index (χ1v) is 6.61. The fraction of sp³-hybridized carbons (Fsp3) is 0.923. The summed E-state index contributed by atoms with van der Waals surface area (Å²) in [6.07, 6.45) is 2.37. The summed E-state index contributed by atoms with van der Waals surface area (Å²) >= 11 is 0. The quantitative estimate of drug-likeness (QED) is 0.791. The molecule has 4 heteroatoms. The van der Waals surface area contributed by atoms with Crippen molar-refractivity contribution in [1.29, 1.82) is 0 Å². The highest BCUT2D eigenvalue weighted by molar-refractivity contribution is 5.81. The molecule has 1 fully saturated rings. The van der Waals surface area contributed by atoms with Crippen molar-refractivity contribution in [2.45, 2.75) is 32.7 Å². The molecule has 0 radical (unpaired) electrons. The number of likely N-dealkylation sites (tertiary alicyclic amines) is 1. The number of carbonyl (C=O) groups excluding carboxylic acids is 1. The van der Waals surface area contributed by atoms with Crippen LogP contribution in [-0.2, 0) is 4.79 Å². The average molecular weight is 241 g/mol. The van der Waals surface area contributed by atoms with E-state index < -0.39 is 0 Å². The van der Waals surface area contributed by atoms with Crippen LogP contribution in [0.1, 0.15) is 26.7 Å². The third kappa shape index (κ3) is 4.28. The Labute approximate surface area is 105 Å². The molecule has 4 nitrogen and oxygen atoms in total. The molecule has 2 N–H and O–H groups in total. The molecule has 1 aliphatic heterocycles. The van der Waals surface area contributed by atoms with Crippen molar-refractivity contribution in [3.63, 3.8) is 0 Å². The van der Waals surface area contributed by atoms with Crippen LogP contribution < -0.4 is 5.73 Å². The van der Waals surface area contributed by atoms with Gasteiger partial charge < -0.3 is 15.5 Å². The van der Waals surface area contributed by atoms with E-state index in [9.17, 15) is 4.79 Å². The standard InChI is InChI=1S/C13H27N3O/c1-10(2)12(14)13(17)16(4)9-11-5-7-15(3)8-6-11/h10-12H,5-9,14H2,1-4H3. The average Bonchev–Trinajstić information content (AvgIpc) is 2.30. The van der Waals surface area contributed by atoms with E-state index in [1.807, 2.05) is 25.8 Å². The summed E-state index contributed by atoms with van der Waals surface area (Å²) in [6.45, 7) is 7.12. The van der Waals surface area contributed by atoms with Crippen molar-refractivity contribution in [2.75, 3.05) is 33.7 Å². The highest BCUT2D eigenvalue weighted by atomic mass is 16.2. The van der Waals surface area contributed by atoms with Gasteiger partial charge in [-0.15, -0.1) is 0 Å². The van der Waals surface area contributed by atoms with E-state index in [1.54, 1.807) is 0 Å². The van der Waals surface area contributed by atoms with Crippen molar-refractivity contribution in [3.05, 3.63) is 0 Å². The van der Waals surface area contributed by atoms with Crippen LogP contribution in [0.15, 0.2) is 0 Å². The normalized spacial score (nSPS) is 20.6. The summed E-state index contributed by atoms with van der Waals surface area (Å²) in [5.74, 6) is 0.931. The van der Waals surface area contributed by atoms with Gasteiger partial charge in [0.05, 0.1) is 6.04 Å². The second-order valence-electron chi connectivity index (χ2n) is 5.74. The molecule has 1 atom stereocenters. The highest BCUT2D eigenvalue weighted by Crippen LogP contribution is 2.17. The molecule has 1 unspecified atom stereocenters. The zero-order chi connectivity index (χ0) is 13.0. The van der Waals surface area contributed by atoms with Crippen molar-refractivity contribution in [2.24, 2.45) is 17.6 Å². The molecule has 0 bridgehead atoms.